The summed E-state index contributed by atoms with van der Waals surface area (Å²) in [6, 6.07) is 24.2. The van der Waals surface area contributed by atoms with E-state index in [-0.39, 0.29) is 12.4 Å². The van der Waals surface area contributed by atoms with Crippen LogP contribution in [-0.2, 0) is 6.61 Å². The quantitative estimate of drug-likeness (QED) is 0.432. The summed E-state index contributed by atoms with van der Waals surface area (Å²) in [4.78, 5) is 4.54. The number of para-hydroxylation sites is 2. The number of hydrogen-bond donors (Lipinski definition) is 0. The van der Waals surface area contributed by atoms with Crippen LogP contribution in [0.25, 0.3) is 27.5 Å². The lowest BCUT2D eigenvalue weighted by molar-refractivity contribution is 0.282. The molecule has 0 spiro atoms. The van der Waals surface area contributed by atoms with Gasteiger partial charge in [-0.05, 0) is 24.3 Å². The highest BCUT2D eigenvalue weighted by Gasteiger charge is 2.17. The second kappa shape index (κ2) is 6.78. The van der Waals surface area contributed by atoms with Gasteiger partial charge >= 0.3 is 0 Å². The third-order valence-electron chi connectivity index (χ3n) is 4.69. The van der Waals surface area contributed by atoms with Crippen molar-refractivity contribution in [3.8, 4) is 11.6 Å². The SMILES string of the molecule is Fc1ccccc1COc1c2cnc3ccccc3c2nn1-c1ccccc1. The number of benzene rings is 3. The molecule has 0 aliphatic rings. The van der Waals surface area contributed by atoms with Crippen molar-refractivity contribution in [3.63, 3.8) is 0 Å². The number of aromatic nitrogens is 3. The molecule has 0 unspecified atom stereocenters. The number of pyridine rings is 1. The van der Waals surface area contributed by atoms with Crippen LogP contribution < -0.4 is 4.74 Å². The Labute approximate surface area is 160 Å². The average molecular weight is 369 g/mol. The van der Waals surface area contributed by atoms with E-state index in [1.807, 2.05) is 54.6 Å². The molecule has 3 aromatic carbocycles. The van der Waals surface area contributed by atoms with E-state index in [2.05, 4.69) is 4.98 Å². The molecule has 28 heavy (non-hydrogen) atoms. The fraction of sp³-hybridized carbons (Fsp3) is 0.0435. The van der Waals surface area contributed by atoms with Gasteiger partial charge in [-0.3, -0.25) is 4.98 Å². The molecule has 5 aromatic rings. The van der Waals surface area contributed by atoms with Crippen LogP contribution in [0.2, 0.25) is 0 Å². The van der Waals surface area contributed by atoms with Crippen LogP contribution >= 0.6 is 0 Å². The van der Waals surface area contributed by atoms with Crippen LogP contribution in [0.4, 0.5) is 4.39 Å². The number of nitrogens with zero attached hydrogens (tertiary/aromatic N) is 3. The molecule has 0 radical (unpaired) electrons. The zero-order chi connectivity index (χ0) is 18.9. The summed E-state index contributed by atoms with van der Waals surface area (Å²) in [6.45, 7) is 0.104. The van der Waals surface area contributed by atoms with Crippen LogP contribution in [0, 0.1) is 5.82 Å². The molecule has 5 heteroatoms. The zero-order valence-electron chi connectivity index (χ0n) is 14.9. The molecular weight excluding hydrogens is 353 g/mol. The summed E-state index contributed by atoms with van der Waals surface area (Å²) in [7, 11) is 0. The van der Waals surface area contributed by atoms with Crippen molar-refractivity contribution in [2.45, 2.75) is 6.61 Å². The molecule has 4 nitrogen and oxygen atoms in total. The van der Waals surface area contributed by atoms with Crippen molar-refractivity contribution in [2.24, 2.45) is 0 Å². The summed E-state index contributed by atoms with van der Waals surface area (Å²) in [5.74, 6) is 0.254. The van der Waals surface area contributed by atoms with Gasteiger partial charge in [-0.2, -0.15) is 9.78 Å². The van der Waals surface area contributed by atoms with Gasteiger partial charge in [0, 0.05) is 17.1 Å². The molecule has 0 bridgehead atoms. The Morgan fingerprint density at radius 1 is 0.821 bits per heavy atom. The predicted molar refractivity (Wildman–Crippen MR) is 107 cm³/mol. The molecule has 0 N–H and O–H groups in total. The first-order chi connectivity index (χ1) is 13.8. The highest BCUT2D eigenvalue weighted by atomic mass is 19.1. The molecule has 136 valence electrons. The standard InChI is InChI=1S/C23H16FN3O/c24-20-12-6-4-8-16(20)15-28-23-19-14-25-21-13-7-5-11-18(21)22(19)26-27(23)17-9-2-1-3-10-17/h1-14H,15H2. The van der Waals surface area contributed by atoms with Crippen molar-refractivity contribution in [3.05, 3.63) is 96.4 Å². The summed E-state index contributed by atoms with van der Waals surface area (Å²) in [5.41, 5.74) is 3.03. The van der Waals surface area contributed by atoms with Gasteiger partial charge in [0.05, 0.1) is 16.6 Å². The molecule has 0 fully saturated rings. The Morgan fingerprint density at radius 3 is 2.43 bits per heavy atom. The fourth-order valence-electron chi connectivity index (χ4n) is 3.30. The first-order valence-corrected chi connectivity index (χ1v) is 8.99. The van der Waals surface area contributed by atoms with E-state index >= 15 is 0 Å². The van der Waals surface area contributed by atoms with Crippen LogP contribution in [0.15, 0.2) is 85.1 Å². The normalized spacial score (nSPS) is 11.2. The van der Waals surface area contributed by atoms with E-state index < -0.39 is 0 Å². The first kappa shape index (κ1) is 16.4. The smallest absolute Gasteiger partial charge is 0.226 e. The van der Waals surface area contributed by atoms with E-state index in [0.29, 0.717) is 11.4 Å². The summed E-state index contributed by atoms with van der Waals surface area (Å²) < 4.78 is 21.9. The van der Waals surface area contributed by atoms with Gasteiger partial charge in [-0.1, -0.05) is 54.6 Å². The van der Waals surface area contributed by atoms with Gasteiger partial charge in [-0.15, -0.1) is 0 Å². The maximum absolute atomic E-state index is 14.0. The van der Waals surface area contributed by atoms with E-state index in [9.17, 15) is 4.39 Å². The van der Waals surface area contributed by atoms with Crippen molar-refractivity contribution >= 4 is 21.8 Å². The van der Waals surface area contributed by atoms with Crippen molar-refractivity contribution < 1.29 is 9.13 Å². The van der Waals surface area contributed by atoms with Crippen molar-refractivity contribution in [1.29, 1.82) is 0 Å². The summed E-state index contributed by atoms with van der Waals surface area (Å²) >= 11 is 0. The molecule has 5 rings (SSSR count). The van der Waals surface area contributed by atoms with Crippen molar-refractivity contribution in [2.75, 3.05) is 0 Å². The monoisotopic (exact) mass is 369 g/mol. The van der Waals surface area contributed by atoms with Crippen LogP contribution in [0.1, 0.15) is 5.56 Å². The zero-order valence-corrected chi connectivity index (χ0v) is 14.9. The molecule has 0 saturated carbocycles. The predicted octanol–water partition coefficient (Wildman–Crippen LogP) is 5.29. The summed E-state index contributed by atoms with van der Waals surface area (Å²) in [5, 5.41) is 6.54. The topological polar surface area (TPSA) is 39.9 Å². The second-order valence-corrected chi connectivity index (χ2v) is 6.47. The summed E-state index contributed by atoms with van der Waals surface area (Å²) in [6.07, 6.45) is 1.76. The van der Waals surface area contributed by atoms with Gasteiger partial charge in [0.25, 0.3) is 0 Å². The molecule has 2 aromatic heterocycles. The largest absolute Gasteiger partial charge is 0.472 e. The van der Waals surface area contributed by atoms with Gasteiger partial charge in [-0.25, -0.2) is 4.39 Å². The lowest BCUT2D eigenvalue weighted by Gasteiger charge is -2.10. The third-order valence-corrected chi connectivity index (χ3v) is 4.69. The lowest BCUT2D eigenvalue weighted by atomic mass is 10.2. The molecule has 0 saturated heterocycles. The third kappa shape index (κ3) is 2.77. The Morgan fingerprint density at radius 2 is 1.57 bits per heavy atom. The second-order valence-electron chi connectivity index (χ2n) is 6.47. The molecular formula is C23H16FN3O. The molecule has 2 heterocycles. The van der Waals surface area contributed by atoms with Gasteiger partial charge in [0.15, 0.2) is 0 Å². The van der Waals surface area contributed by atoms with Crippen LogP contribution in [0.5, 0.6) is 5.88 Å². The Kier molecular flexibility index (Phi) is 3.98. The molecule has 0 aliphatic heterocycles. The number of ether oxygens (including phenoxy) is 1. The number of halogens is 1. The van der Waals surface area contributed by atoms with Crippen molar-refractivity contribution in [1.82, 2.24) is 14.8 Å². The van der Waals surface area contributed by atoms with E-state index in [0.717, 1.165) is 27.5 Å². The number of rotatable bonds is 4. The van der Waals surface area contributed by atoms with Crippen LogP contribution in [0.3, 0.4) is 0 Å². The van der Waals surface area contributed by atoms with Gasteiger partial charge in [0.1, 0.15) is 17.9 Å². The van der Waals surface area contributed by atoms with E-state index in [1.54, 1.807) is 29.1 Å². The Bertz CT molecular complexity index is 1280. The number of fused-ring (bicyclic) bond motifs is 3. The Balaban J connectivity index is 1.69. The minimum absolute atomic E-state index is 0.104. The van der Waals surface area contributed by atoms with Gasteiger partial charge < -0.3 is 4.74 Å². The molecule has 0 atom stereocenters. The molecule has 0 amide bonds. The first-order valence-electron chi connectivity index (χ1n) is 8.99. The van der Waals surface area contributed by atoms with E-state index in [4.69, 9.17) is 9.84 Å². The lowest BCUT2D eigenvalue weighted by Crippen LogP contribution is -2.04. The Hall–Kier alpha value is -3.73. The van der Waals surface area contributed by atoms with Gasteiger partial charge in [0.2, 0.25) is 5.88 Å². The van der Waals surface area contributed by atoms with Crippen LogP contribution in [-0.4, -0.2) is 14.8 Å². The fourth-order valence-corrected chi connectivity index (χ4v) is 3.30. The van der Waals surface area contributed by atoms with E-state index in [1.165, 1.54) is 6.07 Å². The molecule has 0 aliphatic carbocycles. The minimum atomic E-state index is -0.291. The highest BCUT2D eigenvalue weighted by molar-refractivity contribution is 6.05. The maximum Gasteiger partial charge on any atom is 0.226 e. The highest BCUT2D eigenvalue weighted by Crippen LogP contribution is 2.32. The minimum Gasteiger partial charge on any atom is -0.472 e. The average Bonchev–Trinajstić information content (AvgIpc) is 3.13. The number of hydrogen-bond acceptors (Lipinski definition) is 3. The maximum atomic E-state index is 14.0.